The second-order valence-corrected chi connectivity index (χ2v) is 11.5. The number of nitrogens with one attached hydrogen (secondary N) is 2. The molecule has 1 unspecified atom stereocenters. The van der Waals surface area contributed by atoms with Crippen LogP contribution in [0.15, 0.2) is 72.8 Å². The van der Waals surface area contributed by atoms with Gasteiger partial charge in [0.05, 0.1) is 16.8 Å². The van der Waals surface area contributed by atoms with Gasteiger partial charge in [-0.2, -0.15) is 0 Å². The van der Waals surface area contributed by atoms with Gasteiger partial charge in [-0.1, -0.05) is 24.3 Å². The third-order valence-electron chi connectivity index (χ3n) is 7.93. The van der Waals surface area contributed by atoms with Crippen molar-refractivity contribution in [2.45, 2.75) is 38.3 Å². The zero-order chi connectivity index (χ0) is 31.2. The van der Waals surface area contributed by atoms with E-state index in [4.69, 9.17) is 17.0 Å². The number of carbonyl (C=O) groups excluding carboxylic acids is 5. The first-order valence-electron chi connectivity index (χ1n) is 14.1. The number of nitrogens with zero attached hydrogens (tertiary/aromatic N) is 3. The predicted molar refractivity (Wildman–Crippen MR) is 167 cm³/mol. The predicted octanol–water partition coefficient (Wildman–Crippen LogP) is 3.50. The lowest BCUT2D eigenvalue weighted by atomic mass is 10.0. The van der Waals surface area contributed by atoms with Crippen LogP contribution in [-0.4, -0.2) is 64.3 Å². The lowest BCUT2D eigenvalue weighted by molar-refractivity contribution is -0.136. The summed E-state index contributed by atoms with van der Waals surface area (Å²) in [7, 11) is 0. The Labute approximate surface area is 258 Å². The van der Waals surface area contributed by atoms with Gasteiger partial charge in [0.15, 0.2) is 5.11 Å². The molecule has 6 rings (SSSR count). The molecule has 2 N–H and O–H groups in total. The molecule has 1 atom stereocenters. The summed E-state index contributed by atoms with van der Waals surface area (Å²) in [6, 6.07) is 20.4. The second kappa shape index (κ2) is 11.2. The molecule has 12 heteroatoms. The Morgan fingerprint density at radius 3 is 2.34 bits per heavy atom. The van der Waals surface area contributed by atoms with Crippen LogP contribution in [0.1, 0.15) is 47.4 Å². The van der Waals surface area contributed by atoms with Crippen molar-refractivity contribution < 1.29 is 28.7 Å². The SMILES string of the molecule is CC1(C)C(=O)N(c2ccccc2)C(=S)N1c1ccc(OCCNc2cccc3c2C(=O)N(C2CCC(=O)NC2=O)C3=O)cc1. The fourth-order valence-electron chi connectivity index (χ4n) is 5.74. The van der Waals surface area contributed by atoms with E-state index in [1.54, 1.807) is 35.2 Å². The first-order chi connectivity index (χ1) is 21.1. The lowest BCUT2D eigenvalue weighted by Gasteiger charge is -2.29. The number of para-hydroxylation sites is 1. The molecule has 3 heterocycles. The zero-order valence-corrected chi connectivity index (χ0v) is 24.8. The summed E-state index contributed by atoms with van der Waals surface area (Å²) in [5.41, 5.74) is 1.42. The highest BCUT2D eigenvalue weighted by Crippen LogP contribution is 2.37. The van der Waals surface area contributed by atoms with E-state index in [2.05, 4.69) is 10.6 Å². The van der Waals surface area contributed by atoms with E-state index in [0.717, 1.165) is 10.6 Å². The van der Waals surface area contributed by atoms with Crippen molar-refractivity contribution in [3.63, 3.8) is 0 Å². The number of imide groups is 2. The number of amides is 5. The van der Waals surface area contributed by atoms with Gasteiger partial charge in [0, 0.05) is 24.3 Å². The molecule has 2 fully saturated rings. The van der Waals surface area contributed by atoms with Gasteiger partial charge in [-0.3, -0.25) is 39.1 Å². The second-order valence-electron chi connectivity index (χ2n) is 11.1. The Morgan fingerprint density at radius 1 is 0.909 bits per heavy atom. The number of benzene rings is 3. The van der Waals surface area contributed by atoms with Crippen molar-refractivity contribution in [2.24, 2.45) is 0 Å². The van der Waals surface area contributed by atoms with Gasteiger partial charge in [-0.15, -0.1) is 0 Å². The molecule has 3 aromatic carbocycles. The van der Waals surface area contributed by atoms with E-state index in [1.807, 2.05) is 61.2 Å². The fourth-order valence-corrected chi connectivity index (χ4v) is 6.26. The summed E-state index contributed by atoms with van der Waals surface area (Å²) >= 11 is 5.73. The molecule has 3 aromatic rings. The minimum Gasteiger partial charge on any atom is -0.492 e. The first kappa shape index (κ1) is 29.0. The highest BCUT2D eigenvalue weighted by molar-refractivity contribution is 7.81. The number of ether oxygens (including phenoxy) is 1. The Morgan fingerprint density at radius 2 is 1.64 bits per heavy atom. The van der Waals surface area contributed by atoms with E-state index >= 15 is 0 Å². The van der Waals surface area contributed by atoms with Gasteiger partial charge < -0.3 is 15.0 Å². The van der Waals surface area contributed by atoms with Crippen molar-refractivity contribution in [3.05, 3.63) is 83.9 Å². The van der Waals surface area contributed by atoms with Crippen LogP contribution in [0.4, 0.5) is 17.1 Å². The highest BCUT2D eigenvalue weighted by atomic mass is 32.1. The van der Waals surface area contributed by atoms with Crippen molar-refractivity contribution in [1.29, 1.82) is 0 Å². The molecule has 11 nitrogen and oxygen atoms in total. The number of thiocarbonyl (C=S) groups is 1. The van der Waals surface area contributed by atoms with Crippen molar-refractivity contribution >= 4 is 63.9 Å². The smallest absolute Gasteiger partial charge is 0.264 e. The number of carbonyl (C=O) groups is 5. The van der Waals surface area contributed by atoms with Crippen LogP contribution in [0.5, 0.6) is 5.75 Å². The van der Waals surface area contributed by atoms with Crippen molar-refractivity contribution in [3.8, 4) is 5.75 Å². The topological polar surface area (TPSA) is 128 Å². The average Bonchev–Trinajstić information content (AvgIpc) is 3.36. The number of hydrogen-bond acceptors (Lipinski definition) is 8. The van der Waals surface area contributed by atoms with Gasteiger partial charge in [0.1, 0.15) is 23.9 Å². The van der Waals surface area contributed by atoms with Crippen LogP contribution in [0.25, 0.3) is 0 Å². The van der Waals surface area contributed by atoms with Gasteiger partial charge >= 0.3 is 0 Å². The molecule has 2 saturated heterocycles. The molecule has 44 heavy (non-hydrogen) atoms. The minimum absolute atomic E-state index is 0.0555. The van der Waals surface area contributed by atoms with Crippen LogP contribution in [0.3, 0.4) is 0 Å². The molecule has 5 amide bonds. The maximum Gasteiger partial charge on any atom is 0.264 e. The van der Waals surface area contributed by atoms with Crippen LogP contribution < -0.4 is 25.2 Å². The minimum atomic E-state index is -1.03. The summed E-state index contributed by atoms with van der Waals surface area (Å²) in [5, 5.41) is 5.75. The molecule has 0 aliphatic carbocycles. The van der Waals surface area contributed by atoms with E-state index < -0.39 is 35.2 Å². The molecule has 0 bridgehead atoms. The summed E-state index contributed by atoms with van der Waals surface area (Å²) in [4.78, 5) is 67.8. The van der Waals surface area contributed by atoms with Crippen LogP contribution >= 0.6 is 12.2 Å². The molecular formula is C32H29N5O6S. The van der Waals surface area contributed by atoms with Gasteiger partial charge in [0.25, 0.3) is 17.7 Å². The number of piperidine rings is 1. The molecule has 0 radical (unpaired) electrons. The molecular weight excluding hydrogens is 582 g/mol. The standard InChI is InChI=1S/C32H29N5O6S/c1-32(2)30(42)35(19-7-4-3-5-8-19)31(44)37(32)20-11-13-21(14-12-20)43-18-17-33-23-10-6-9-22-26(23)29(41)36(28(22)40)24-15-16-25(38)34-27(24)39/h3-14,24,33H,15-18H2,1-2H3,(H,34,38,39). The normalized spacial score (nSPS) is 19.4. The number of rotatable bonds is 8. The molecule has 0 spiro atoms. The first-order valence-corrected chi connectivity index (χ1v) is 14.6. The third kappa shape index (κ3) is 4.86. The van der Waals surface area contributed by atoms with E-state index in [1.165, 1.54) is 0 Å². The summed E-state index contributed by atoms with van der Waals surface area (Å²) in [6.07, 6.45) is 0.147. The number of anilines is 3. The zero-order valence-electron chi connectivity index (χ0n) is 24.0. The average molecular weight is 612 g/mol. The summed E-state index contributed by atoms with van der Waals surface area (Å²) in [6.45, 7) is 4.24. The number of fused-ring (bicyclic) bond motifs is 1. The van der Waals surface area contributed by atoms with Crippen molar-refractivity contribution in [1.82, 2.24) is 10.2 Å². The quantitative estimate of drug-likeness (QED) is 0.224. The van der Waals surface area contributed by atoms with Crippen LogP contribution in [-0.2, 0) is 14.4 Å². The maximum absolute atomic E-state index is 13.3. The largest absolute Gasteiger partial charge is 0.492 e. The van der Waals surface area contributed by atoms with Crippen LogP contribution in [0, 0.1) is 0 Å². The van der Waals surface area contributed by atoms with Gasteiger partial charge in [-0.05, 0) is 81.0 Å². The van der Waals surface area contributed by atoms with Gasteiger partial charge in [-0.25, -0.2) is 0 Å². The number of hydrogen-bond donors (Lipinski definition) is 2. The molecule has 0 aromatic heterocycles. The summed E-state index contributed by atoms with van der Waals surface area (Å²) in [5.74, 6) is -1.74. The third-order valence-corrected chi connectivity index (χ3v) is 8.30. The molecule has 3 aliphatic heterocycles. The molecule has 0 saturated carbocycles. The lowest BCUT2D eigenvalue weighted by Crippen LogP contribution is -2.54. The Bertz CT molecular complexity index is 1710. The monoisotopic (exact) mass is 611 g/mol. The van der Waals surface area contributed by atoms with Gasteiger partial charge in [0.2, 0.25) is 11.8 Å². The summed E-state index contributed by atoms with van der Waals surface area (Å²) < 4.78 is 5.91. The van der Waals surface area contributed by atoms with E-state index in [0.29, 0.717) is 28.8 Å². The van der Waals surface area contributed by atoms with E-state index in [-0.39, 0.29) is 36.5 Å². The Kier molecular flexibility index (Phi) is 7.38. The highest BCUT2D eigenvalue weighted by Gasteiger charge is 2.50. The maximum atomic E-state index is 13.3. The van der Waals surface area contributed by atoms with Crippen LogP contribution in [0.2, 0.25) is 0 Å². The Balaban J connectivity index is 1.09. The molecule has 3 aliphatic rings. The molecule has 224 valence electrons. The van der Waals surface area contributed by atoms with Crippen molar-refractivity contribution in [2.75, 3.05) is 28.3 Å². The Hall–Kier alpha value is -5.10. The van der Waals surface area contributed by atoms with E-state index in [9.17, 15) is 24.0 Å². The fraction of sp³-hybridized carbons (Fsp3) is 0.250.